The molecule has 2 rings (SSSR count). The highest BCUT2D eigenvalue weighted by atomic mass is 35.5. The van der Waals surface area contributed by atoms with E-state index in [1.807, 2.05) is 0 Å². The van der Waals surface area contributed by atoms with Gasteiger partial charge in [-0.3, -0.25) is 4.79 Å². The van der Waals surface area contributed by atoms with Crippen LogP contribution in [-0.4, -0.2) is 16.6 Å². The normalized spacial score (nSPS) is 23.1. The fraction of sp³-hybridized carbons (Fsp3) is 0.533. The number of carbonyl (C=O) groups excluding carboxylic acids is 1. The standard InChI is InChI=1S/C15H19Cl2N3O/c1-9-4-11(8-15(2,3)7-9)19-20-14(21)10-5-12(16)18-13(17)6-10/h5-6,9H,4,7-8H2,1-3H3,(H,20,21). The zero-order chi connectivity index (χ0) is 15.6. The summed E-state index contributed by atoms with van der Waals surface area (Å²) in [5, 5.41) is 4.65. The summed E-state index contributed by atoms with van der Waals surface area (Å²) in [6.07, 6.45) is 2.99. The monoisotopic (exact) mass is 327 g/mol. The zero-order valence-corrected chi connectivity index (χ0v) is 13.9. The first-order valence-corrected chi connectivity index (χ1v) is 7.70. The molecule has 1 saturated carbocycles. The number of aromatic nitrogens is 1. The molecule has 0 radical (unpaired) electrons. The van der Waals surface area contributed by atoms with E-state index in [0.29, 0.717) is 11.5 Å². The maximum Gasteiger partial charge on any atom is 0.271 e. The van der Waals surface area contributed by atoms with Crippen molar-refractivity contribution in [3.05, 3.63) is 28.0 Å². The number of amides is 1. The molecule has 1 aliphatic rings. The van der Waals surface area contributed by atoms with Gasteiger partial charge in [-0.25, -0.2) is 10.4 Å². The molecular weight excluding hydrogens is 309 g/mol. The van der Waals surface area contributed by atoms with E-state index in [1.54, 1.807) is 0 Å². The van der Waals surface area contributed by atoms with Crippen molar-refractivity contribution in [1.82, 2.24) is 10.4 Å². The first kappa shape index (κ1) is 16.2. The van der Waals surface area contributed by atoms with E-state index in [1.165, 1.54) is 18.6 Å². The van der Waals surface area contributed by atoms with Crippen LogP contribution in [0.2, 0.25) is 10.3 Å². The Hall–Kier alpha value is -1.13. The van der Waals surface area contributed by atoms with Gasteiger partial charge in [0.15, 0.2) is 0 Å². The summed E-state index contributed by atoms with van der Waals surface area (Å²) in [6, 6.07) is 2.94. The van der Waals surface area contributed by atoms with Crippen LogP contribution in [0.15, 0.2) is 17.2 Å². The lowest BCUT2D eigenvalue weighted by Gasteiger charge is -2.34. The summed E-state index contributed by atoms with van der Waals surface area (Å²) >= 11 is 11.6. The van der Waals surface area contributed by atoms with Gasteiger partial charge in [0.2, 0.25) is 0 Å². The number of hydrazone groups is 1. The summed E-state index contributed by atoms with van der Waals surface area (Å²) < 4.78 is 0. The average molecular weight is 328 g/mol. The highest BCUT2D eigenvalue weighted by Gasteiger charge is 2.29. The lowest BCUT2D eigenvalue weighted by Crippen LogP contribution is -2.30. The number of pyridine rings is 1. The minimum absolute atomic E-state index is 0.188. The van der Waals surface area contributed by atoms with Crippen molar-refractivity contribution < 1.29 is 4.79 Å². The molecule has 1 N–H and O–H groups in total. The van der Waals surface area contributed by atoms with Crippen molar-refractivity contribution in [3.63, 3.8) is 0 Å². The predicted molar refractivity (Wildman–Crippen MR) is 86.0 cm³/mol. The molecule has 1 heterocycles. The van der Waals surface area contributed by atoms with Crippen molar-refractivity contribution in [2.24, 2.45) is 16.4 Å². The Morgan fingerprint density at radius 2 is 2.00 bits per heavy atom. The molecule has 1 aromatic heterocycles. The molecular formula is C15H19Cl2N3O. The molecule has 6 heteroatoms. The fourth-order valence-electron chi connectivity index (χ4n) is 2.99. The highest BCUT2D eigenvalue weighted by molar-refractivity contribution is 6.33. The summed E-state index contributed by atoms with van der Waals surface area (Å²) in [6.45, 7) is 6.66. The average Bonchev–Trinajstić information content (AvgIpc) is 2.32. The van der Waals surface area contributed by atoms with Crippen LogP contribution in [0, 0.1) is 11.3 Å². The van der Waals surface area contributed by atoms with Crippen LogP contribution in [0.5, 0.6) is 0 Å². The summed E-state index contributed by atoms with van der Waals surface area (Å²) in [7, 11) is 0. The number of hydrogen-bond donors (Lipinski definition) is 1. The van der Waals surface area contributed by atoms with Crippen molar-refractivity contribution >= 4 is 34.8 Å². The maximum atomic E-state index is 12.1. The smallest absolute Gasteiger partial charge is 0.267 e. The van der Waals surface area contributed by atoms with Crippen molar-refractivity contribution in [2.45, 2.75) is 40.0 Å². The van der Waals surface area contributed by atoms with Crippen molar-refractivity contribution in [2.75, 3.05) is 0 Å². The van der Waals surface area contributed by atoms with Gasteiger partial charge in [-0.05, 0) is 42.7 Å². The summed E-state index contributed by atoms with van der Waals surface area (Å²) in [4.78, 5) is 15.9. The minimum Gasteiger partial charge on any atom is -0.267 e. The molecule has 0 spiro atoms. The van der Waals surface area contributed by atoms with Crippen LogP contribution < -0.4 is 5.43 Å². The Bertz CT molecular complexity index is 564. The molecule has 1 fully saturated rings. The highest BCUT2D eigenvalue weighted by Crippen LogP contribution is 2.36. The molecule has 0 bridgehead atoms. The zero-order valence-electron chi connectivity index (χ0n) is 12.4. The first-order valence-electron chi connectivity index (χ1n) is 6.94. The number of carbonyl (C=O) groups is 1. The molecule has 1 atom stereocenters. The van der Waals surface area contributed by atoms with E-state index >= 15 is 0 Å². The predicted octanol–water partition coefficient (Wildman–Crippen LogP) is 4.32. The third-order valence-corrected chi connectivity index (χ3v) is 3.90. The summed E-state index contributed by atoms with van der Waals surface area (Å²) in [5.74, 6) is 0.249. The van der Waals surface area contributed by atoms with E-state index in [9.17, 15) is 4.79 Å². The Kier molecular flexibility index (Phi) is 4.89. The number of nitrogens with zero attached hydrogens (tertiary/aromatic N) is 2. The molecule has 114 valence electrons. The van der Waals surface area contributed by atoms with Crippen LogP contribution in [-0.2, 0) is 0 Å². The molecule has 1 aromatic rings. The third kappa shape index (κ3) is 4.68. The quantitative estimate of drug-likeness (QED) is 0.649. The van der Waals surface area contributed by atoms with E-state index in [2.05, 4.69) is 36.3 Å². The van der Waals surface area contributed by atoms with Crippen molar-refractivity contribution in [1.29, 1.82) is 0 Å². The molecule has 0 aromatic carbocycles. The van der Waals surface area contributed by atoms with Crippen LogP contribution in [0.3, 0.4) is 0 Å². The van der Waals surface area contributed by atoms with Gasteiger partial charge in [0.05, 0.1) is 0 Å². The molecule has 4 nitrogen and oxygen atoms in total. The Morgan fingerprint density at radius 3 is 2.57 bits per heavy atom. The van der Waals surface area contributed by atoms with Gasteiger partial charge < -0.3 is 0 Å². The van der Waals surface area contributed by atoms with Gasteiger partial charge in [0, 0.05) is 11.3 Å². The second kappa shape index (κ2) is 6.32. The van der Waals surface area contributed by atoms with E-state index in [-0.39, 0.29) is 21.6 Å². The van der Waals surface area contributed by atoms with Gasteiger partial charge in [0.1, 0.15) is 10.3 Å². The molecule has 1 amide bonds. The van der Waals surface area contributed by atoms with E-state index < -0.39 is 0 Å². The van der Waals surface area contributed by atoms with Gasteiger partial charge in [-0.15, -0.1) is 0 Å². The molecule has 21 heavy (non-hydrogen) atoms. The number of halogens is 2. The largest absolute Gasteiger partial charge is 0.271 e. The Morgan fingerprint density at radius 1 is 1.38 bits per heavy atom. The second-order valence-corrected chi connectivity index (χ2v) is 7.25. The van der Waals surface area contributed by atoms with Gasteiger partial charge in [-0.1, -0.05) is 44.0 Å². The minimum atomic E-state index is -0.329. The van der Waals surface area contributed by atoms with Crippen LogP contribution >= 0.6 is 23.2 Å². The molecule has 0 saturated heterocycles. The SMILES string of the molecule is CC1CC(=NNC(=O)c2cc(Cl)nc(Cl)c2)CC(C)(C)C1. The van der Waals surface area contributed by atoms with E-state index in [4.69, 9.17) is 23.2 Å². The van der Waals surface area contributed by atoms with Gasteiger partial charge in [-0.2, -0.15) is 5.10 Å². The van der Waals surface area contributed by atoms with Crippen LogP contribution in [0.25, 0.3) is 0 Å². The second-order valence-electron chi connectivity index (χ2n) is 6.47. The number of hydrogen-bond acceptors (Lipinski definition) is 3. The Balaban J connectivity index is 2.07. The molecule has 1 unspecified atom stereocenters. The van der Waals surface area contributed by atoms with Gasteiger partial charge in [0.25, 0.3) is 5.91 Å². The fourth-order valence-corrected chi connectivity index (χ4v) is 3.45. The lowest BCUT2D eigenvalue weighted by atomic mass is 9.72. The topological polar surface area (TPSA) is 54.4 Å². The van der Waals surface area contributed by atoms with Gasteiger partial charge >= 0.3 is 0 Å². The molecule has 0 aliphatic heterocycles. The lowest BCUT2D eigenvalue weighted by molar-refractivity contribution is 0.0953. The third-order valence-electron chi connectivity index (χ3n) is 3.51. The van der Waals surface area contributed by atoms with Crippen LogP contribution in [0.1, 0.15) is 50.4 Å². The Labute approximate surface area is 134 Å². The number of rotatable bonds is 2. The molecule has 1 aliphatic carbocycles. The maximum absolute atomic E-state index is 12.1. The summed E-state index contributed by atoms with van der Waals surface area (Å²) in [5.41, 5.74) is 4.19. The first-order chi connectivity index (χ1) is 9.75. The van der Waals surface area contributed by atoms with Crippen LogP contribution in [0.4, 0.5) is 0 Å². The van der Waals surface area contributed by atoms with E-state index in [0.717, 1.165) is 18.6 Å². The number of nitrogens with one attached hydrogen (secondary N) is 1. The van der Waals surface area contributed by atoms with Crippen molar-refractivity contribution in [3.8, 4) is 0 Å².